The van der Waals surface area contributed by atoms with Gasteiger partial charge in [0.1, 0.15) is 17.7 Å². The normalized spacial score (nSPS) is 16.9. The molecule has 0 saturated carbocycles. The first-order valence-electron chi connectivity index (χ1n) is 13.9. The fourth-order valence-corrected chi connectivity index (χ4v) is 5.28. The molecule has 0 spiro atoms. The maximum atomic E-state index is 13.6. The maximum Gasteiger partial charge on any atom is 0.308 e. The number of carbonyl (C=O) groups excluding carboxylic acids is 3. The van der Waals surface area contributed by atoms with E-state index in [1.54, 1.807) is 65.6 Å². The first-order valence-corrected chi connectivity index (χ1v) is 15.7. The second kappa shape index (κ2) is 13.8. The minimum absolute atomic E-state index is 0.0462. The Bertz CT molecular complexity index is 1680. The summed E-state index contributed by atoms with van der Waals surface area (Å²) in [5, 5.41) is 0. The molecule has 3 aromatic rings. The quantitative estimate of drug-likeness (QED) is 0.139. The summed E-state index contributed by atoms with van der Waals surface area (Å²) < 4.78 is 48.5. The number of hydrogen-bond acceptors (Lipinski definition) is 7. The lowest BCUT2D eigenvalue weighted by Gasteiger charge is -2.48. The van der Waals surface area contributed by atoms with Crippen LogP contribution in [0.4, 0.5) is 10.1 Å². The molecule has 1 saturated heterocycles. The van der Waals surface area contributed by atoms with Crippen molar-refractivity contribution in [1.29, 1.82) is 0 Å². The zero-order chi connectivity index (χ0) is 32.0. The van der Waals surface area contributed by atoms with Crippen molar-refractivity contribution in [3.8, 4) is 17.6 Å². The third-order valence-corrected chi connectivity index (χ3v) is 8.49. The summed E-state index contributed by atoms with van der Waals surface area (Å²) in [7, 11) is -1.88. The Morgan fingerprint density at radius 3 is 2.18 bits per heavy atom. The van der Waals surface area contributed by atoms with Crippen LogP contribution in [0, 0.1) is 23.6 Å². The van der Waals surface area contributed by atoms with Crippen LogP contribution in [0.5, 0.6) is 5.75 Å². The van der Waals surface area contributed by atoms with E-state index in [0.717, 1.165) is 16.1 Å². The Morgan fingerprint density at radius 1 is 0.977 bits per heavy atom. The molecule has 1 aliphatic rings. The van der Waals surface area contributed by atoms with Crippen LogP contribution in [-0.4, -0.2) is 50.4 Å². The molecule has 1 aliphatic heterocycles. The first-order chi connectivity index (χ1) is 20.8. The number of benzene rings is 3. The number of nitrogens with zero attached hydrogens (tertiary/aromatic N) is 2. The molecule has 9 nitrogen and oxygen atoms in total. The van der Waals surface area contributed by atoms with Crippen LogP contribution >= 0.6 is 0 Å². The number of carbonyl (C=O) groups is 3. The first kappa shape index (κ1) is 32.4. The van der Waals surface area contributed by atoms with Crippen LogP contribution in [0.15, 0.2) is 72.8 Å². The highest BCUT2D eigenvalue weighted by Gasteiger charge is 2.48. The highest BCUT2D eigenvalue weighted by molar-refractivity contribution is 7.88. The van der Waals surface area contributed by atoms with Gasteiger partial charge in [-0.25, -0.2) is 12.8 Å². The predicted octanol–water partition coefficient (Wildman–Crippen LogP) is 4.78. The Kier molecular flexibility index (Phi) is 10.2. The standard InChI is InChI=1S/C33H33FN2O7S/c1-22(37)42-29-17-11-26(12-18-29)32-30(19-20-31(43-23(2)38)25-9-13-27(34)14-10-25)33(39)36(32)28-15-7-24(8-16-28)6-5-21-35(3)44(4,40)41/h7-18,30-32H,19-21H2,1-4H3/t30-,31+,32-/m1/s1. The number of hydrogen-bond donors (Lipinski definition) is 0. The molecular formula is C33H33FN2O7S. The Labute approximate surface area is 256 Å². The zero-order valence-corrected chi connectivity index (χ0v) is 25.6. The summed E-state index contributed by atoms with van der Waals surface area (Å²) >= 11 is 0. The highest BCUT2D eigenvalue weighted by Crippen LogP contribution is 2.46. The highest BCUT2D eigenvalue weighted by atomic mass is 32.2. The Balaban J connectivity index is 1.57. The number of amides is 1. The van der Waals surface area contributed by atoms with Gasteiger partial charge in [0.05, 0.1) is 24.8 Å². The molecule has 11 heteroatoms. The fraction of sp³-hybridized carbons (Fsp3) is 0.303. The van der Waals surface area contributed by atoms with Crippen molar-refractivity contribution in [2.24, 2.45) is 5.92 Å². The number of rotatable bonds is 10. The van der Waals surface area contributed by atoms with Gasteiger partial charge in [-0.15, -0.1) is 0 Å². The van der Waals surface area contributed by atoms with Gasteiger partial charge in [-0.2, -0.15) is 4.31 Å². The van der Waals surface area contributed by atoms with E-state index in [2.05, 4.69) is 11.8 Å². The van der Waals surface area contributed by atoms with E-state index in [4.69, 9.17) is 9.47 Å². The van der Waals surface area contributed by atoms with Gasteiger partial charge in [0.2, 0.25) is 15.9 Å². The molecule has 0 radical (unpaired) electrons. The molecule has 230 valence electrons. The molecule has 0 aromatic heterocycles. The second-order valence-electron chi connectivity index (χ2n) is 10.5. The van der Waals surface area contributed by atoms with Gasteiger partial charge in [0.15, 0.2) is 0 Å². The topological polar surface area (TPSA) is 110 Å². The molecule has 3 aromatic carbocycles. The Hall–Kier alpha value is -4.53. The van der Waals surface area contributed by atoms with Crippen LogP contribution in [-0.2, 0) is 29.1 Å². The fourth-order valence-electron chi connectivity index (χ4n) is 4.98. The van der Waals surface area contributed by atoms with Crippen molar-refractivity contribution < 1.29 is 36.7 Å². The van der Waals surface area contributed by atoms with E-state index in [1.165, 1.54) is 33.0 Å². The van der Waals surface area contributed by atoms with Gasteiger partial charge < -0.3 is 14.4 Å². The number of sulfonamides is 1. The van der Waals surface area contributed by atoms with Crippen molar-refractivity contribution in [2.45, 2.75) is 38.8 Å². The molecule has 1 amide bonds. The summed E-state index contributed by atoms with van der Waals surface area (Å²) in [6.07, 6.45) is 1.19. The number of halogens is 1. The van der Waals surface area contributed by atoms with Crippen molar-refractivity contribution >= 4 is 33.6 Å². The maximum absolute atomic E-state index is 13.6. The molecule has 44 heavy (non-hydrogen) atoms. The van der Waals surface area contributed by atoms with E-state index < -0.39 is 39.8 Å². The number of ether oxygens (including phenoxy) is 2. The minimum atomic E-state index is -3.34. The van der Waals surface area contributed by atoms with Gasteiger partial charge in [-0.05, 0) is 72.5 Å². The summed E-state index contributed by atoms with van der Waals surface area (Å²) in [5.41, 5.74) is 2.76. The molecule has 0 bridgehead atoms. The van der Waals surface area contributed by atoms with Crippen LogP contribution in [0.1, 0.15) is 55.5 Å². The molecule has 0 unspecified atom stereocenters. The van der Waals surface area contributed by atoms with Gasteiger partial charge in [-0.3, -0.25) is 14.4 Å². The second-order valence-corrected chi connectivity index (χ2v) is 12.6. The summed E-state index contributed by atoms with van der Waals surface area (Å²) in [4.78, 5) is 38.5. The molecule has 4 rings (SSSR count). The lowest BCUT2D eigenvalue weighted by atomic mass is 9.78. The van der Waals surface area contributed by atoms with Crippen molar-refractivity contribution in [1.82, 2.24) is 4.31 Å². The summed E-state index contributed by atoms with van der Waals surface area (Å²) in [5.74, 6) is 4.25. The van der Waals surface area contributed by atoms with Crippen LogP contribution in [0.3, 0.4) is 0 Å². The van der Waals surface area contributed by atoms with Gasteiger partial charge in [0, 0.05) is 32.1 Å². The van der Waals surface area contributed by atoms with E-state index in [9.17, 15) is 27.2 Å². The average Bonchev–Trinajstić information content (AvgIpc) is 2.96. The summed E-state index contributed by atoms with van der Waals surface area (Å²) in [6.45, 7) is 2.66. The summed E-state index contributed by atoms with van der Waals surface area (Å²) in [6, 6.07) is 19.4. The van der Waals surface area contributed by atoms with Gasteiger partial charge in [0.25, 0.3) is 0 Å². The largest absolute Gasteiger partial charge is 0.458 e. The predicted molar refractivity (Wildman–Crippen MR) is 162 cm³/mol. The number of β-lactam (4-membered cyclic amide) rings is 1. The molecule has 1 fully saturated rings. The van der Waals surface area contributed by atoms with Gasteiger partial charge >= 0.3 is 11.9 Å². The van der Waals surface area contributed by atoms with Crippen LogP contribution in [0.25, 0.3) is 0 Å². The smallest absolute Gasteiger partial charge is 0.308 e. The number of anilines is 1. The van der Waals surface area contributed by atoms with Crippen molar-refractivity contribution in [2.75, 3.05) is 24.7 Å². The lowest BCUT2D eigenvalue weighted by molar-refractivity contribution is -0.147. The van der Waals surface area contributed by atoms with Crippen LogP contribution < -0.4 is 9.64 Å². The van der Waals surface area contributed by atoms with E-state index in [-0.39, 0.29) is 18.5 Å². The van der Waals surface area contributed by atoms with Crippen molar-refractivity contribution in [3.63, 3.8) is 0 Å². The molecule has 3 atom stereocenters. The molecule has 0 aliphatic carbocycles. The lowest BCUT2D eigenvalue weighted by Crippen LogP contribution is -2.55. The Morgan fingerprint density at radius 2 is 1.61 bits per heavy atom. The van der Waals surface area contributed by atoms with Crippen LogP contribution in [0.2, 0.25) is 0 Å². The molecule has 1 heterocycles. The van der Waals surface area contributed by atoms with Gasteiger partial charge in [-0.1, -0.05) is 36.1 Å². The number of esters is 2. The molecular weight excluding hydrogens is 587 g/mol. The average molecular weight is 621 g/mol. The minimum Gasteiger partial charge on any atom is -0.458 e. The molecule has 0 N–H and O–H groups in total. The van der Waals surface area contributed by atoms with Crippen molar-refractivity contribution in [3.05, 3.63) is 95.3 Å². The third kappa shape index (κ3) is 8.09. The third-order valence-electron chi connectivity index (χ3n) is 7.23. The van der Waals surface area contributed by atoms with E-state index in [1.807, 2.05) is 0 Å². The SMILES string of the molecule is CC(=O)Oc1ccc([C@@H]2[C@@H](CC[C@H](OC(C)=O)c3ccc(F)cc3)C(=O)N2c2ccc(C#CCN(C)S(C)(=O)=O)cc2)cc1. The zero-order valence-electron chi connectivity index (χ0n) is 24.8. The van der Waals surface area contributed by atoms with E-state index in [0.29, 0.717) is 35.4 Å². The monoisotopic (exact) mass is 620 g/mol. The van der Waals surface area contributed by atoms with E-state index >= 15 is 0 Å².